The molecule has 0 aliphatic rings. The van der Waals surface area contributed by atoms with Gasteiger partial charge in [-0.2, -0.15) is 5.10 Å². The van der Waals surface area contributed by atoms with E-state index in [4.69, 9.17) is 0 Å². The summed E-state index contributed by atoms with van der Waals surface area (Å²) in [6, 6.07) is 11.7. The molecule has 2 aromatic rings. The monoisotopic (exact) mass is 285 g/mol. The minimum absolute atomic E-state index is 0.0143. The summed E-state index contributed by atoms with van der Waals surface area (Å²) in [5.74, 6) is 0.413. The Bertz CT molecular complexity index is 596. The Kier molecular flexibility index (Phi) is 4.46. The number of amides is 1. The molecule has 0 saturated heterocycles. The standard InChI is InChI=1S/C17H23N3O/c1-5-13(12-9-7-6-8-10-12)16(21)18-15-11-14(19-20-15)17(2,3)4/h6-11,13H,5H2,1-4H3,(H2,18,19,20,21). The summed E-state index contributed by atoms with van der Waals surface area (Å²) in [6.07, 6.45) is 0.756. The SMILES string of the molecule is CCC(C(=O)Nc1cc(C(C)(C)C)[nH]n1)c1ccccc1. The molecule has 1 amide bonds. The minimum Gasteiger partial charge on any atom is -0.309 e. The average Bonchev–Trinajstić information content (AvgIpc) is 2.89. The van der Waals surface area contributed by atoms with Crippen LogP contribution in [0.2, 0.25) is 0 Å². The zero-order valence-electron chi connectivity index (χ0n) is 13.1. The fraction of sp³-hybridized carbons (Fsp3) is 0.412. The van der Waals surface area contributed by atoms with Crippen LogP contribution in [0, 0.1) is 0 Å². The predicted octanol–water partition coefficient (Wildman–Crippen LogP) is 3.84. The zero-order chi connectivity index (χ0) is 15.5. The topological polar surface area (TPSA) is 57.8 Å². The molecule has 21 heavy (non-hydrogen) atoms. The fourth-order valence-corrected chi connectivity index (χ4v) is 2.24. The van der Waals surface area contributed by atoms with E-state index >= 15 is 0 Å². The van der Waals surface area contributed by atoms with Crippen LogP contribution in [-0.2, 0) is 10.2 Å². The van der Waals surface area contributed by atoms with Gasteiger partial charge in [0.2, 0.25) is 5.91 Å². The normalized spacial score (nSPS) is 13.0. The summed E-state index contributed by atoms with van der Waals surface area (Å²) < 4.78 is 0. The first-order chi connectivity index (χ1) is 9.91. The van der Waals surface area contributed by atoms with Crippen molar-refractivity contribution in [3.8, 4) is 0 Å². The summed E-state index contributed by atoms with van der Waals surface area (Å²) >= 11 is 0. The maximum absolute atomic E-state index is 12.4. The molecule has 1 heterocycles. The molecular weight excluding hydrogens is 262 g/mol. The number of nitrogens with one attached hydrogen (secondary N) is 2. The lowest BCUT2D eigenvalue weighted by Gasteiger charge is -2.15. The van der Waals surface area contributed by atoms with Crippen molar-refractivity contribution in [3.63, 3.8) is 0 Å². The number of H-pyrrole nitrogens is 1. The highest BCUT2D eigenvalue weighted by Gasteiger charge is 2.21. The minimum atomic E-state index is -0.152. The van der Waals surface area contributed by atoms with Crippen LogP contribution < -0.4 is 5.32 Å². The number of aromatic amines is 1. The van der Waals surface area contributed by atoms with Gasteiger partial charge < -0.3 is 5.32 Å². The Morgan fingerprint density at radius 1 is 1.29 bits per heavy atom. The van der Waals surface area contributed by atoms with Crippen molar-refractivity contribution in [3.05, 3.63) is 47.7 Å². The van der Waals surface area contributed by atoms with Gasteiger partial charge in [-0.05, 0) is 12.0 Å². The van der Waals surface area contributed by atoms with Crippen LogP contribution in [0.1, 0.15) is 51.3 Å². The van der Waals surface area contributed by atoms with Gasteiger partial charge in [0.15, 0.2) is 5.82 Å². The molecule has 2 N–H and O–H groups in total. The number of carbonyl (C=O) groups excluding carboxylic acids is 1. The Labute approximate surface area is 126 Å². The van der Waals surface area contributed by atoms with Crippen LogP contribution in [0.25, 0.3) is 0 Å². The third-order valence-electron chi connectivity index (χ3n) is 3.56. The molecule has 0 bridgehead atoms. The molecule has 0 radical (unpaired) electrons. The molecule has 0 fully saturated rings. The molecule has 0 spiro atoms. The number of anilines is 1. The lowest BCUT2D eigenvalue weighted by Crippen LogP contribution is -2.20. The van der Waals surface area contributed by atoms with E-state index in [1.807, 2.05) is 43.3 Å². The van der Waals surface area contributed by atoms with Crippen molar-refractivity contribution in [1.82, 2.24) is 10.2 Å². The number of carbonyl (C=O) groups is 1. The fourth-order valence-electron chi connectivity index (χ4n) is 2.24. The Morgan fingerprint density at radius 3 is 2.48 bits per heavy atom. The first-order valence-electron chi connectivity index (χ1n) is 7.33. The van der Waals surface area contributed by atoms with E-state index in [1.54, 1.807) is 0 Å². The number of nitrogens with zero attached hydrogens (tertiary/aromatic N) is 1. The van der Waals surface area contributed by atoms with Crippen molar-refractivity contribution in [1.29, 1.82) is 0 Å². The Morgan fingerprint density at radius 2 is 1.95 bits per heavy atom. The third kappa shape index (κ3) is 3.72. The summed E-state index contributed by atoms with van der Waals surface area (Å²) in [5.41, 5.74) is 2.02. The van der Waals surface area contributed by atoms with Gasteiger partial charge in [-0.1, -0.05) is 58.0 Å². The zero-order valence-corrected chi connectivity index (χ0v) is 13.1. The summed E-state index contributed by atoms with van der Waals surface area (Å²) in [7, 11) is 0. The van der Waals surface area contributed by atoms with E-state index in [1.165, 1.54) is 0 Å². The van der Waals surface area contributed by atoms with Crippen LogP contribution in [0.15, 0.2) is 36.4 Å². The summed E-state index contributed by atoms with van der Waals surface area (Å²) in [5, 5.41) is 10.1. The third-order valence-corrected chi connectivity index (χ3v) is 3.56. The van der Waals surface area contributed by atoms with Gasteiger partial charge in [0.1, 0.15) is 0 Å². The van der Waals surface area contributed by atoms with Gasteiger partial charge in [-0.15, -0.1) is 0 Å². The number of rotatable bonds is 4. The molecule has 4 nitrogen and oxygen atoms in total. The molecule has 1 aromatic heterocycles. The second-order valence-electron chi connectivity index (χ2n) is 6.28. The van der Waals surface area contributed by atoms with Crippen LogP contribution in [0.5, 0.6) is 0 Å². The number of hydrogen-bond acceptors (Lipinski definition) is 2. The molecular formula is C17H23N3O. The quantitative estimate of drug-likeness (QED) is 0.896. The largest absolute Gasteiger partial charge is 0.309 e. The van der Waals surface area contributed by atoms with E-state index < -0.39 is 0 Å². The second-order valence-corrected chi connectivity index (χ2v) is 6.28. The highest BCUT2D eigenvalue weighted by atomic mass is 16.1. The lowest BCUT2D eigenvalue weighted by atomic mass is 9.92. The molecule has 1 aromatic carbocycles. The van der Waals surface area contributed by atoms with E-state index in [2.05, 4.69) is 36.3 Å². The molecule has 0 aliphatic heterocycles. The van der Waals surface area contributed by atoms with E-state index in [0.29, 0.717) is 5.82 Å². The van der Waals surface area contributed by atoms with Crippen molar-refractivity contribution in [2.24, 2.45) is 0 Å². The summed E-state index contributed by atoms with van der Waals surface area (Å²) in [6.45, 7) is 8.32. The highest BCUT2D eigenvalue weighted by Crippen LogP contribution is 2.24. The van der Waals surface area contributed by atoms with Crippen molar-refractivity contribution in [2.75, 3.05) is 5.32 Å². The van der Waals surface area contributed by atoms with Crippen molar-refractivity contribution in [2.45, 2.75) is 45.4 Å². The molecule has 0 aliphatic carbocycles. The second kappa shape index (κ2) is 6.12. The van der Waals surface area contributed by atoms with Gasteiger partial charge >= 0.3 is 0 Å². The molecule has 0 saturated carbocycles. The van der Waals surface area contributed by atoms with Crippen LogP contribution in [-0.4, -0.2) is 16.1 Å². The smallest absolute Gasteiger partial charge is 0.233 e. The first kappa shape index (κ1) is 15.3. The van der Waals surface area contributed by atoms with Gasteiger partial charge in [-0.3, -0.25) is 9.89 Å². The van der Waals surface area contributed by atoms with Gasteiger partial charge in [0, 0.05) is 17.2 Å². The van der Waals surface area contributed by atoms with Gasteiger partial charge in [-0.25, -0.2) is 0 Å². The summed E-state index contributed by atoms with van der Waals surface area (Å²) in [4.78, 5) is 12.4. The van der Waals surface area contributed by atoms with Crippen LogP contribution >= 0.6 is 0 Å². The molecule has 1 unspecified atom stereocenters. The van der Waals surface area contributed by atoms with E-state index in [9.17, 15) is 4.79 Å². The van der Waals surface area contributed by atoms with E-state index in [-0.39, 0.29) is 17.2 Å². The predicted molar refractivity (Wildman–Crippen MR) is 85.4 cm³/mol. The molecule has 4 heteroatoms. The van der Waals surface area contributed by atoms with E-state index in [0.717, 1.165) is 17.7 Å². The van der Waals surface area contributed by atoms with Gasteiger partial charge in [0.25, 0.3) is 0 Å². The molecule has 1 atom stereocenters. The Hall–Kier alpha value is -2.10. The van der Waals surface area contributed by atoms with Crippen LogP contribution in [0.4, 0.5) is 5.82 Å². The number of benzene rings is 1. The maximum atomic E-state index is 12.4. The van der Waals surface area contributed by atoms with Gasteiger partial charge in [0.05, 0.1) is 5.92 Å². The highest BCUT2D eigenvalue weighted by molar-refractivity contribution is 5.95. The lowest BCUT2D eigenvalue weighted by molar-refractivity contribution is -0.117. The Balaban J connectivity index is 2.11. The van der Waals surface area contributed by atoms with Crippen molar-refractivity contribution >= 4 is 11.7 Å². The van der Waals surface area contributed by atoms with Crippen LogP contribution in [0.3, 0.4) is 0 Å². The molecule has 2 rings (SSSR count). The average molecular weight is 285 g/mol. The number of aromatic nitrogens is 2. The molecule has 112 valence electrons. The van der Waals surface area contributed by atoms with Crippen molar-refractivity contribution < 1.29 is 4.79 Å². The first-order valence-corrected chi connectivity index (χ1v) is 7.33. The maximum Gasteiger partial charge on any atom is 0.233 e. The number of hydrogen-bond donors (Lipinski definition) is 2.